The van der Waals surface area contributed by atoms with Crippen LogP contribution in [0.15, 0.2) is 18.2 Å². The summed E-state index contributed by atoms with van der Waals surface area (Å²) in [6, 6.07) is 3.36. The molecule has 0 saturated heterocycles. The van der Waals surface area contributed by atoms with Crippen molar-refractivity contribution < 1.29 is 18.7 Å². The third kappa shape index (κ3) is 4.50. The smallest absolute Gasteiger partial charge is 0.222 e. The standard InChI is InChI=1S/C17H23F2NO2/c1-20(12-17(22)9-2-3-10-17)16(21)6-4-5-13-11-14(18)7-8-15(13)19/h7-8,11,22H,2-6,9-10,12H2,1H3. The van der Waals surface area contributed by atoms with E-state index in [1.807, 2.05) is 0 Å². The van der Waals surface area contributed by atoms with E-state index >= 15 is 0 Å². The number of likely N-dealkylation sites (N-methyl/N-ethyl adjacent to an activating group) is 1. The lowest BCUT2D eigenvalue weighted by Crippen LogP contribution is -2.41. The molecule has 1 aliphatic carbocycles. The molecule has 0 radical (unpaired) electrons. The number of nitrogens with zero attached hydrogens (tertiary/aromatic N) is 1. The average molecular weight is 311 g/mol. The number of amides is 1. The van der Waals surface area contributed by atoms with Gasteiger partial charge in [0.15, 0.2) is 0 Å². The Bertz CT molecular complexity index is 527. The van der Waals surface area contributed by atoms with Crippen molar-refractivity contribution in [3.8, 4) is 0 Å². The number of aryl methyl sites for hydroxylation is 1. The van der Waals surface area contributed by atoms with Crippen molar-refractivity contribution >= 4 is 5.91 Å². The summed E-state index contributed by atoms with van der Waals surface area (Å²) >= 11 is 0. The summed E-state index contributed by atoms with van der Waals surface area (Å²) in [5.41, 5.74) is -0.455. The minimum atomic E-state index is -0.751. The Morgan fingerprint density at radius 2 is 2.00 bits per heavy atom. The van der Waals surface area contributed by atoms with E-state index in [0.717, 1.165) is 37.8 Å². The van der Waals surface area contributed by atoms with E-state index in [1.54, 1.807) is 11.9 Å². The van der Waals surface area contributed by atoms with Crippen molar-refractivity contribution in [2.75, 3.05) is 13.6 Å². The first-order valence-corrected chi connectivity index (χ1v) is 7.80. The van der Waals surface area contributed by atoms with Gasteiger partial charge >= 0.3 is 0 Å². The lowest BCUT2D eigenvalue weighted by Gasteiger charge is -2.28. The molecule has 0 bridgehead atoms. The van der Waals surface area contributed by atoms with Crippen LogP contribution in [-0.4, -0.2) is 35.1 Å². The molecule has 1 fully saturated rings. The quantitative estimate of drug-likeness (QED) is 0.877. The highest BCUT2D eigenvalue weighted by atomic mass is 19.1. The number of halogens is 2. The second-order valence-corrected chi connectivity index (χ2v) is 6.27. The van der Waals surface area contributed by atoms with Gasteiger partial charge in [-0.05, 0) is 49.4 Å². The zero-order valence-corrected chi connectivity index (χ0v) is 12.9. The number of hydrogen-bond donors (Lipinski definition) is 1. The fraction of sp³-hybridized carbons (Fsp3) is 0.588. The summed E-state index contributed by atoms with van der Waals surface area (Å²) < 4.78 is 26.5. The molecule has 0 heterocycles. The molecule has 122 valence electrons. The molecule has 22 heavy (non-hydrogen) atoms. The lowest BCUT2D eigenvalue weighted by molar-refractivity contribution is -0.133. The van der Waals surface area contributed by atoms with Crippen molar-refractivity contribution in [2.24, 2.45) is 0 Å². The molecule has 1 aromatic carbocycles. The third-order valence-electron chi connectivity index (χ3n) is 4.34. The van der Waals surface area contributed by atoms with Crippen LogP contribution in [0.3, 0.4) is 0 Å². The van der Waals surface area contributed by atoms with Crippen LogP contribution in [0.4, 0.5) is 8.78 Å². The maximum atomic E-state index is 13.5. The highest BCUT2D eigenvalue weighted by Crippen LogP contribution is 2.30. The molecule has 1 aromatic rings. The minimum Gasteiger partial charge on any atom is -0.388 e. The first kappa shape index (κ1) is 16.9. The molecule has 1 saturated carbocycles. The van der Waals surface area contributed by atoms with E-state index in [2.05, 4.69) is 0 Å². The van der Waals surface area contributed by atoms with Crippen molar-refractivity contribution in [1.82, 2.24) is 4.90 Å². The van der Waals surface area contributed by atoms with Gasteiger partial charge in [0.1, 0.15) is 11.6 Å². The molecule has 0 spiro atoms. The molecule has 0 aromatic heterocycles. The molecule has 1 aliphatic rings. The van der Waals surface area contributed by atoms with E-state index in [0.29, 0.717) is 24.9 Å². The third-order valence-corrected chi connectivity index (χ3v) is 4.34. The predicted molar refractivity (Wildman–Crippen MR) is 80.4 cm³/mol. The molecule has 5 heteroatoms. The Hall–Kier alpha value is -1.49. The van der Waals surface area contributed by atoms with E-state index in [9.17, 15) is 18.7 Å². The van der Waals surface area contributed by atoms with Crippen LogP contribution in [0.5, 0.6) is 0 Å². The van der Waals surface area contributed by atoms with Crippen LogP contribution in [0.25, 0.3) is 0 Å². The Balaban J connectivity index is 1.78. The monoisotopic (exact) mass is 311 g/mol. The Kier molecular flexibility index (Phi) is 5.51. The topological polar surface area (TPSA) is 40.5 Å². The first-order chi connectivity index (χ1) is 10.4. The Morgan fingerprint density at radius 1 is 1.32 bits per heavy atom. The van der Waals surface area contributed by atoms with Gasteiger partial charge in [-0.1, -0.05) is 12.8 Å². The molecule has 3 nitrogen and oxygen atoms in total. The highest BCUT2D eigenvalue weighted by molar-refractivity contribution is 5.75. The van der Waals surface area contributed by atoms with Crippen LogP contribution >= 0.6 is 0 Å². The summed E-state index contributed by atoms with van der Waals surface area (Å²) in [6.07, 6.45) is 4.52. The Labute approximate surface area is 129 Å². The van der Waals surface area contributed by atoms with Gasteiger partial charge in [0.2, 0.25) is 5.91 Å². The first-order valence-electron chi connectivity index (χ1n) is 7.80. The van der Waals surface area contributed by atoms with Gasteiger partial charge < -0.3 is 10.0 Å². The molecule has 1 amide bonds. The second-order valence-electron chi connectivity index (χ2n) is 6.27. The number of carbonyl (C=O) groups excluding carboxylic acids is 1. The van der Waals surface area contributed by atoms with Crippen LogP contribution < -0.4 is 0 Å². The molecule has 1 N–H and O–H groups in total. The van der Waals surface area contributed by atoms with E-state index in [4.69, 9.17) is 0 Å². The molecular formula is C17H23F2NO2. The predicted octanol–water partition coefficient (Wildman–Crippen LogP) is 3.05. The molecule has 0 unspecified atom stereocenters. The number of aliphatic hydroxyl groups is 1. The lowest BCUT2D eigenvalue weighted by atomic mass is 10.0. The van der Waals surface area contributed by atoms with Crippen molar-refractivity contribution in [1.29, 1.82) is 0 Å². The number of benzene rings is 1. The fourth-order valence-electron chi connectivity index (χ4n) is 3.08. The maximum Gasteiger partial charge on any atom is 0.222 e. The normalized spacial score (nSPS) is 16.7. The highest BCUT2D eigenvalue weighted by Gasteiger charge is 2.33. The average Bonchev–Trinajstić information content (AvgIpc) is 2.88. The van der Waals surface area contributed by atoms with Crippen molar-refractivity contribution in [3.05, 3.63) is 35.4 Å². The zero-order chi connectivity index (χ0) is 16.2. The summed E-state index contributed by atoms with van der Waals surface area (Å²) in [5, 5.41) is 10.3. The van der Waals surface area contributed by atoms with Gasteiger partial charge in [0.05, 0.1) is 5.60 Å². The molecule has 2 rings (SSSR count). The summed E-state index contributed by atoms with van der Waals surface area (Å²) in [7, 11) is 1.68. The van der Waals surface area contributed by atoms with Gasteiger partial charge in [-0.15, -0.1) is 0 Å². The molecule has 0 aliphatic heterocycles. The SMILES string of the molecule is CN(CC1(O)CCCC1)C(=O)CCCc1cc(F)ccc1F. The van der Waals surface area contributed by atoms with Crippen LogP contribution in [-0.2, 0) is 11.2 Å². The summed E-state index contributed by atoms with van der Waals surface area (Å²) in [5.74, 6) is -0.983. The zero-order valence-electron chi connectivity index (χ0n) is 12.9. The second kappa shape index (κ2) is 7.18. The number of rotatable bonds is 6. The van der Waals surface area contributed by atoms with Gasteiger partial charge in [-0.2, -0.15) is 0 Å². The maximum absolute atomic E-state index is 13.5. The molecular weight excluding hydrogens is 288 g/mol. The van der Waals surface area contributed by atoms with Crippen LogP contribution in [0, 0.1) is 11.6 Å². The largest absolute Gasteiger partial charge is 0.388 e. The fourth-order valence-corrected chi connectivity index (χ4v) is 3.08. The van der Waals surface area contributed by atoms with Gasteiger partial charge in [0, 0.05) is 20.0 Å². The van der Waals surface area contributed by atoms with Gasteiger partial charge in [-0.25, -0.2) is 8.78 Å². The van der Waals surface area contributed by atoms with E-state index in [1.165, 1.54) is 6.07 Å². The minimum absolute atomic E-state index is 0.0721. The van der Waals surface area contributed by atoms with Crippen LogP contribution in [0.2, 0.25) is 0 Å². The van der Waals surface area contributed by atoms with Crippen molar-refractivity contribution in [3.63, 3.8) is 0 Å². The number of carbonyl (C=O) groups is 1. The Morgan fingerprint density at radius 3 is 2.68 bits per heavy atom. The summed E-state index contributed by atoms with van der Waals surface area (Å²) in [4.78, 5) is 13.6. The summed E-state index contributed by atoms with van der Waals surface area (Å²) in [6.45, 7) is 0.347. The van der Waals surface area contributed by atoms with E-state index < -0.39 is 17.2 Å². The molecule has 0 atom stereocenters. The number of hydrogen-bond acceptors (Lipinski definition) is 2. The van der Waals surface area contributed by atoms with Gasteiger partial charge in [-0.3, -0.25) is 4.79 Å². The van der Waals surface area contributed by atoms with Crippen LogP contribution in [0.1, 0.15) is 44.1 Å². The van der Waals surface area contributed by atoms with Crippen molar-refractivity contribution in [2.45, 2.75) is 50.5 Å². The van der Waals surface area contributed by atoms with Gasteiger partial charge in [0.25, 0.3) is 0 Å². The van der Waals surface area contributed by atoms with E-state index in [-0.39, 0.29) is 12.3 Å².